The standard InChI is InChI=1S/C16H25N3O6S/c1-4-12(2)11-19(16(21)22)15(20)17-9-10-26(23,24)18-13-5-7-14(25-3)8-6-13/h5-8,12,18H,4,9-11H2,1-3H3,(H,17,20)(H,21,22). The average Bonchev–Trinajstić information content (AvgIpc) is 2.59. The van der Waals surface area contributed by atoms with Crippen LogP contribution in [0.3, 0.4) is 0 Å². The highest BCUT2D eigenvalue weighted by molar-refractivity contribution is 7.92. The number of carboxylic acid groups (broad SMARTS) is 1. The molecule has 0 fully saturated rings. The Hall–Kier alpha value is -2.49. The molecule has 9 nitrogen and oxygen atoms in total. The Labute approximate surface area is 153 Å². The number of imide groups is 1. The van der Waals surface area contributed by atoms with Crippen molar-refractivity contribution in [2.45, 2.75) is 20.3 Å². The van der Waals surface area contributed by atoms with Crippen molar-refractivity contribution >= 4 is 27.8 Å². The molecule has 1 aromatic rings. The van der Waals surface area contributed by atoms with Gasteiger partial charge >= 0.3 is 12.1 Å². The highest BCUT2D eigenvalue weighted by Gasteiger charge is 2.22. The summed E-state index contributed by atoms with van der Waals surface area (Å²) >= 11 is 0. The fraction of sp³-hybridized carbons (Fsp3) is 0.500. The lowest BCUT2D eigenvalue weighted by molar-refractivity contribution is 0.142. The third-order valence-electron chi connectivity index (χ3n) is 3.68. The number of hydrogen-bond acceptors (Lipinski definition) is 5. The number of methoxy groups -OCH3 is 1. The summed E-state index contributed by atoms with van der Waals surface area (Å²) < 4.78 is 31.4. The van der Waals surface area contributed by atoms with Crippen molar-refractivity contribution in [1.82, 2.24) is 10.2 Å². The zero-order valence-corrected chi connectivity index (χ0v) is 15.9. The van der Waals surface area contributed by atoms with Crippen molar-refractivity contribution < 1.29 is 27.9 Å². The fourth-order valence-electron chi connectivity index (χ4n) is 1.97. The number of carbonyl (C=O) groups is 2. The lowest BCUT2D eigenvalue weighted by Gasteiger charge is -2.21. The molecular formula is C16H25N3O6S. The molecule has 1 rings (SSSR count). The van der Waals surface area contributed by atoms with E-state index in [1.54, 1.807) is 24.3 Å². The van der Waals surface area contributed by atoms with Crippen LogP contribution in [0.4, 0.5) is 15.3 Å². The van der Waals surface area contributed by atoms with Gasteiger partial charge in [-0.15, -0.1) is 0 Å². The molecule has 0 aliphatic carbocycles. The number of nitrogens with zero attached hydrogens (tertiary/aromatic N) is 1. The van der Waals surface area contributed by atoms with Crippen LogP contribution in [0.15, 0.2) is 24.3 Å². The van der Waals surface area contributed by atoms with Gasteiger partial charge in [0.1, 0.15) is 5.75 Å². The number of rotatable bonds is 9. The summed E-state index contributed by atoms with van der Waals surface area (Å²) in [5.74, 6) is 0.217. The molecule has 0 radical (unpaired) electrons. The first kappa shape index (κ1) is 21.6. The number of nitrogens with one attached hydrogen (secondary N) is 2. The van der Waals surface area contributed by atoms with E-state index >= 15 is 0 Å². The Balaban J connectivity index is 2.55. The van der Waals surface area contributed by atoms with E-state index in [2.05, 4.69) is 10.0 Å². The van der Waals surface area contributed by atoms with Crippen molar-refractivity contribution in [2.24, 2.45) is 5.92 Å². The molecule has 1 aromatic carbocycles. The molecule has 0 saturated carbocycles. The molecule has 1 atom stereocenters. The Kier molecular flexibility index (Phi) is 8.17. The zero-order valence-electron chi connectivity index (χ0n) is 15.1. The zero-order chi connectivity index (χ0) is 19.7. The summed E-state index contributed by atoms with van der Waals surface area (Å²) in [6.45, 7) is 3.55. The molecule has 0 spiro atoms. The van der Waals surface area contributed by atoms with Crippen LogP contribution in [0.2, 0.25) is 0 Å². The second-order valence-electron chi connectivity index (χ2n) is 5.79. The van der Waals surface area contributed by atoms with E-state index in [1.165, 1.54) is 7.11 Å². The number of sulfonamides is 1. The van der Waals surface area contributed by atoms with Crippen molar-refractivity contribution in [3.63, 3.8) is 0 Å². The van der Waals surface area contributed by atoms with Gasteiger partial charge in [0.05, 0.1) is 12.9 Å². The first-order valence-electron chi connectivity index (χ1n) is 8.11. The maximum absolute atomic E-state index is 12.0. The molecule has 146 valence electrons. The SMILES string of the molecule is CCC(C)CN(C(=O)O)C(=O)NCCS(=O)(=O)Nc1ccc(OC)cc1. The Morgan fingerprint density at radius 3 is 2.38 bits per heavy atom. The predicted molar refractivity (Wildman–Crippen MR) is 98.0 cm³/mol. The first-order valence-corrected chi connectivity index (χ1v) is 9.76. The third kappa shape index (κ3) is 7.18. The number of ether oxygens (including phenoxy) is 1. The van der Waals surface area contributed by atoms with E-state index in [0.717, 1.165) is 6.42 Å². The van der Waals surface area contributed by atoms with Gasteiger partial charge in [0.15, 0.2) is 0 Å². The van der Waals surface area contributed by atoms with E-state index in [1.807, 2.05) is 13.8 Å². The smallest absolute Gasteiger partial charge is 0.415 e. The maximum atomic E-state index is 12.0. The molecule has 0 aliphatic rings. The lowest BCUT2D eigenvalue weighted by Crippen LogP contribution is -2.46. The van der Waals surface area contributed by atoms with Crippen LogP contribution in [-0.4, -0.2) is 56.5 Å². The minimum atomic E-state index is -3.70. The molecule has 1 unspecified atom stereocenters. The average molecular weight is 387 g/mol. The van der Waals surface area contributed by atoms with Crippen molar-refractivity contribution in [3.8, 4) is 5.75 Å². The van der Waals surface area contributed by atoms with Gasteiger partial charge in [-0.1, -0.05) is 20.3 Å². The first-order chi connectivity index (χ1) is 12.2. The summed E-state index contributed by atoms with van der Waals surface area (Å²) in [7, 11) is -2.19. The van der Waals surface area contributed by atoms with Crippen molar-refractivity contribution in [3.05, 3.63) is 24.3 Å². The second kappa shape index (κ2) is 9.85. The van der Waals surface area contributed by atoms with Gasteiger partial charge < -0.3 is 15.2 Å². The molecule has 3 amide bonds. The van der Waals surface area contributed by atoms with Gasteiger partial charge in [-0.05, 0) is 30.2 Å². The number of carbonyl (C=O) groups excluding carboxylic acids is 1. The van der Waals surface area contributed by atoms with E-state index in [0.29, 0.717) is 16.3 Å². The lowest BCUT2D eigenvalue weighted by atomic mass is 10.1. The molecule has 0 saturated heterocycles. The van der Waals surface area contributed by atoms with Gasteiger partial charge in [-0.3, -0.25) is 4.72 Å². The number of anilines is 1. The fourth-order valence-corrected chi connectivity index (χ4v) is 2.93. The number of amides is 3. The molecule has 0 aliphatic heterocycles. The monoisotopic (exact) mass is 387 g/mol. The van der Waals surface area contributed by atoms with Gasteiger partial charge in [0, 0.05) is 18.8 Å². The summed E-state index contributed by atoms with van der Waals surface area (Å²) in [6, 6.07) is 5.48. The van der Waals surface area contributed by atoms with Gasteiger partial charge in [-0.25, -0.2) is 22.9 Å². The van der Waals surface area contributed by atoms with E-state index < -0.39 is 22.1 Å². The van der Waals surface area contributed by atoms with Crippen molar-refractivity contribution in [2.75, 3.05) is 30.7 Å². The molecule has 0 bridgehead atoms. The Bertz CT molecular complexity index is 705. The maximum Gasteiger partial charge on any atom is 0.415 e. The molecule has 10 heteroatoms. The second-order valence-corrected chi connectivity index (χ2v) is 7.63. The van der Waals surface area contributed by atoms with Crippen LogP contribution in [-0.2, 0) is 10.0 Å². The Morgan fingerprint density at radius 2 is 1.88 bits per heavy atom. The highest BCUT2D eigenvalue weighted by Crippen LogP contribution is 2.16. The van der Waals surface area contributed by atoms with Gasteiger partial charge in [0.25, 0.3) is 0 Å². The number of hydrogen-bond donors (Lipinski definition) is 3. The highest BCUT2D eigenvalue weighted by atomic mass is 32.2. The quantitative estimate of drug-likeness (QED) is 0.596. The largest absolute Gasteiger partial charge is 0.497 e. The van der Waals surface area contributed by atoms with Crippen LogP contribution < -0.4 is 14.8 Å². The molecule has 26 heavy (non-hydrogen) atoms. The minimum absolute atomic E-state index is 0.0114. The number of urea groups is 1. The van der Waals surface area contributed by atoms with E-state index in [9.17, 15) is 18.0 Å². The molecular weight excluding hydrogens is 362 g/mol. The molecule has 3 N–H and O–H groups in total. The summed E-state index contributed by atoms with van der Waals surface area (Å²) in [5, 5.41) is 11.4. The molecule has 0 heterocycles. The summed E-state index contributed by atoms with van der Waals surface area (Å²) in [6.07, 6.45) is -0.654. The summed E-state index contributed by atoms with van der Waals surface area (Å²) in [5.41, 5.74) is 0.362. The van der Waals surface area contributed by atoms with Crippen LogP contribution in [0, 0.1) is 5.92 Å². The number of benzene rings is 1. The van der Waals surface area contributed by atoms with Crippen LogP contribution >= 0.6 is 0 Å². The van der Waals surface area contributed by atoms with Crippen LogP contribution in [0.25, 0.3) is 0 Å². The summed E-state index contributed by atoms with van der Waals surface area (Å²) in [4.78, 5) is 23.8. The van der Waals surface area contributed by atoms with E-state index in [4.69, 9.17) is 9.84 Å². The minimum Gasteiger partial charge on any atom is -0.497 e. The van der Waals surface area contributed by atoms with E-state index in [-0.39, 0.29) is 24.8 Å². The van der Waals surface area contributed by atoms with Crippen LogP contribution in [0.5, 0.6) is 5.75 Å². The predicted octanol–water partition coefficient (Wildman–Crippen LogP) is 2.17. The topological polar surface area (TPSA) is 125 Å². The van der Waals surface area contributed by atoms with Gasteiger partial charge in [0.2, 0.25) is 10.0 Å². The van der Waals surface area contributed by atoms with Crippen LogP contribution in [0.1, 0.15) is 20.3 Å². The van der Waals surface area contributed by atoms with Crippen molar-refractivity contribution in [1.29, 1.82) is 0 Å². The van der Waals surface area contributed by atoms with Gasteiger partial charge in [-0.2, -0.15) is 0 Å². The molecule has 0 aromatic heterocycles. The normalized spacial score (nSPS) is 12.1. The Morgan fingerprint density at radius 1 is 1.27 bits per heavy atom. The third-order valence-corrected chi connectivity index (χ3v) is 4.97.